The Balaban J connectivity index is 2.45. The number of carbonyl (C=O) groups excluding carboxylic acids is 2. The Morgan fingerprint density at radius 3 is 2.39 bits per heavy atom. The zero-order valence-corrected chi connectivity index (χ0v) is 15.3. The summed E-state index contributed by atoms with van der Waals surface area (Å²) in [6, 6.07) is 5.50. The Hall–Kier alpha value is -1.45. The molecule has 2 amide bonds. The molecule has 0 heterocycles. The SMILES string of the molecule is CCNC(=O)[C@@H](C)NC(=O)CCNS(=O)(=O)c1ccc(Br)cc1. The molecular formula is C14H20BrN3O4S. The number of hydrogen-bond acceptors (Lipinski definition) is 4. The van der Waals surface area contributed by atoms with Gasteiger partial charge in [0.15, 0.2) is 0 Å². The van der Waals surface area contributed by atoms with Crippen LogP contribution in [0.4, 0.5) is 0 Å². The van der Waals surface area contributed by atoms with Crippen molar-refractivity contribution in [2.75, 3.05) is 13.1 Å². The van der Waals surface area contributed by atoms with Gasteiger partial charge in [-0.2, -0.15) is 0 Å². The standard InChI is InChI=1S/C14H20BrN3O4S/c1-3-16-14(20)10(2)18-13(19)8-9-17-23(21,22)12-6-4-11(15)5-7-12/h4-7,10,17H,3,8-9H2,1-2H3,(H,16,20)(H,18,19)/t10-/m1/s1. The molecular weight excluding hydrogens is 386 g/mol. The molecule has 0 aliphatic heterocycles. The highest BCUT2D eigenvalue weighted by molar-refractivity contribution is 9.10. The number of carbonyl (C=O) groups is 2. The van der Waals surface area contributed by atoms with Gasteiger partial charge in [0.2, 0.25) is 21.8 Å². The Labute approximate surface area is 144 Å². The molecule has 1 aromatic carbocycles. The summed E-state index contributed by atoms with van der Waals surface area (Å²) in [5.41, 5.74) is 0. The molecule has 128 valence electrons. The number of amides is 2. The Kier molecular flexibility index (Phi) is 7.66. The predicted molar refractivity (Wildman–Crippen MR) is 90.2 cm³/mol. The first-order valence-corrected chi connectivity index (χ1v) is 9.36. The molecule has 7 nitrogen and oxygen atoms in total. The Bertz CT molecular complexity index is 646. The van der Waals surface area contributed by atoms with E-state index in [2.05, 4.69) is 31.3 Å². The highest BCUT2D eigenvalue weighted by Gasteiger charge is 2.16. The van der Waals surface area contributed by atoms with Gasteiger partial charge in [0.05, 0.1) is 4.90 Å². The van der Waals surface area contributed by atoms with E-state index in [1.807, 2.05) is 0 Å². The smallest absolute Gasteiger partial charge is 0.242 e. The lowest BCUT2D eigenvalue weighted by atomic mass is 10.3. The predicted octanol–water partition coefficient (Wildman–Crippen LogP) is 0.758. The van der Waals surface area contributed by atoms with Gasteiger partial charge in [0, 0.05) is 24.0 Å². The summed E-state index contributed by atoms with van der Waals surface area (Å²) in [5, 5.41) is 5.09. The largest absolute Gasteiger partial charge is 0.355 e. The normalized spacial score (nSPS) is 12.5. The van der Waals surface area contributed by atoms with E-state index in [-0.39, 0.29) is 23.8 Å². The van der Waals surface area contributed by atoms with Gasteiger partial charge in [-0.25, -0.2) is 13.1 Å². The van der Waals surface area contributed by atoms with Crippen molar-refractivity contribution in [3.05, 3.63) is 28.7 Å². The van der Waals surface area contributed by atoms with Crippen molar-refractivity contribution in [1.29, 1.82) is 0 Å². The van der Waals surface area contributed by atoms with E-state index >= 15 is 0 Å². The molecule has 23 heavy (non-hydrogen) atoms. The van der Waals surface area contributed by atoms with Crippen LogP contribution in [0.3, 0.4) is 0 Å². The van der Waals surface area contributed by atoms with Crippen LogP contribution in [0.1, 0.15) is 20.3 Å². The third kappa shape index (κ3) is 6.67. The van der Waals surface area contributed by atoms with Crippen molar-refractivity contribution >= 4 is 37.8 Å². The van der Waals surface area contributed by atoms with Crippen molar-refractivity contribution in [3.8, 4) is 0 Å². The van der Waals surface area contributed by atoms with E-state index in [4.69, 9.17) is 0 Å². The van der Waals surface area contributed by atoms with Gasteiger partial charge in [0.25, 0.3) is 0 Å². The molecule has 0 bridgehead atoms. The fraction of sp³-hybridized carbons (Fsp3) is 0.429. The van der Waals surface area contributed by atoms with Crippen LogP contribution in [0.5, 0.6) is 0 Å². The van der Waals surface area contributed by atoms with Crippen molar-refractivity contribution in [2.24, 2.45) is 0 Å². The quantitative estimate of drug-likeness (QED) is 0.593. The molecule has 0 aliphatic rings. The van der Waals surface area contributed by atoms with Crippen LogP contribution in [-0.4, -0.2) is 39.4 Å². The zero-order valence-electron chi connectivity index (χ0n) is 12.9. The lowest BCUT2D eigenvalue weighted by molar-refractivity contribution is -0.128. The van der Waals surface area contributed by atoms with Gasteiger partial charge in [-0.15, -0.1) is 0 Å². The van der Waals surface area contributed by atoms with E-state index in [0.29, 0.717) is 6.54 Å². The van der Waals surface area contributed by atoms with Crippen LogP contribution in [-0.2, 0) is 19.6 Å². The van der Waals surface area contributed by atoms with Crippen LogP contribution in [0, 0.1) is 0 Å². The summed E-state index contributed by atoms with van der Waals surface area (Å²) >= 11 is 3.23. The molecule has 0 spiro atoms. The molecule has 0 aromatic heterocycles. The maximum atomic E-state index is 12.0. The highest BCUT2D eigenvalue weighted by Crippen LogP contribution is 2.14. The van der Waals surface area contributed by atoms with Crippen LogP contribution in [0.2, 0.25) is 0 Å². The number of hydrogen-bond donors (Lipinski definition) is 3. The number of likely N-dealkylation sites (N-methyl/N-ethyl adjacent to an activating group) is 1. The zero-order chi connectivity index (χ0) is 17.5. The number of nitrogens with one attached hydrogen (secondary N) is 3. The molecule has 1 rings (SSSR count). The monoisotopic (exact) mass is 405 g/mol. The molecule has 0 aliphatic carbocycles. The Morgan fingerprint density at radius 1 is 1.22 bits per heavy atom. The molecule has 0 unspecified atom stereocenters. The molecule has 0 saturated carbocycles. The second-order valence-electron chi connectivity index (χ2n) is 4.79. The first kappa shape index (κ1) is 19.6. The minimum atomic E-state index is -3.66. The molecule has 1 aromatic rings. The van der Waals surface area contributed by atoms with Gasteiger partial charge in [-0.05, 0) is 38.1 Å². The first-order valence-electron chi connectivity index (χ1n) is 7.08. The molecule has 9 heteroatoms. The van der Waals surface area contributed by atoms with Crippen LogP contribution >= 0.6 is 15.9 Å². The molecule has 1 atom stereocenters. The number of halogens is 1. The van der Waals surface area contributed by atoms with E-state index in [9.17, 15) is 18.0 Å². The number of rotatable bonds is 8. The number of sulfonamides is 1. The summed E-state index contributed by atoms with van der Waals surface area (Å²) in [6.07, 6.45) is -0.0560. The second kappa shape index (κ2) is 8.99. The number of benzene rings is 1. The lowest BCUT2D eigenvalue weighted by Crippen LogP contribution is -2.45. The summed E-state index contributed by atoms with van der Waals surface area (Å²) in [4.78, 5) is 23.3. The Morgan fingerprint density at radius 2 is 1.83 bits per heavy atom. The third-order valence-electron chi connectivity index (χ3n) is 2.89. The van der Waals surface area contributed by atoms with E-state index < -0.39 is 22.0 Å². The fourth-order valence-corrected chi connectivity index (χ4v) is 3.00. The topological polar surface area (TPSA) is 104 Å². The summed E-state index contributed by atoms with van der Waals surface area (Å²) in [5.74, 6) is -0.682. The van der Waals surface area contributed by atoms with Gasteiger partial charge in [0.1, 0.15) is 6.04 Å². The van der Waals surface area contributed by atoms with E-state index in [1.54, 1.807) is 26.0 Å². The van der Waals surface area contributed by atoms with Crippen LogP contribution in [0.15, 0.2) is 33.6 Å². The summed E-state index contributed by atoms with van der Waals surface area (Å²) in [6.45, 7) is 3.77. The van der Waals surface area contributed by atoms with E-state index in [0.717, 1.165) is 4.47 Å². The lowest BCUT2D eigenvalue weighted by Gasteiger charge is -2.13. The maximum absolute atomic E-state index is 12.0. The third-order valence-corrected chi connectivity index (χ3v) is 4.90. The average Bonchev–Trinajstić information content (AvgIpc) is 2.47. The molecule has 0 radical (unpaired) electrons. The maximum Gasteiger partial charge on any atom is 0.242 e. The van der Waals surface area contributed by atoms with Gasteiger partial charge >= 0.3 is 0 Å². The van der Waals surface area contributed by atoms with Crippen LogP contribution < -0.4 is 15.4 Å². The fourth-order valence-electron chi connectivity index (χ4n) is 1.70. The minimum Gasteiger partial charge on any atom is -0.355 e. The first-order chi connectivity index (χ1) is 10.8. The van der Waals surface area contributed by atoms with E-state index in [1.165, 1.54) is 12.1 Å². The molecule has 0 saturated heterocycles. The molecule has 3 N–H and O–H groups in total. The van der Waals surface area contributed by atoms with Gasteiger partial charge < -0.3 is 10.6 Å². The van der Waals surface area contributed by atoms with Crippen LogP contribution in [0.25, 0.3) is 0 Å². The van der Waals surface area contributed by atoms with Gasteiger partial charge in [-0.3, -0.25) is 9.59 Å². The van der Waals surface area contributed by atoms with Crippen molar-refractivity contribution in [1.82, 2.24) is 15.4 Å². The summed E-state index contributed by atoms with van der Waals surface area (Å²) < 4.78 is 27.2. The average molecular weight is 406 g/mol. The van der Waals surface area contributed by atoms with Gasteiger partial charge in [-0.1, -0.05) is 15.9 Å². The second-order valence-corrected chi connectivity index (χ2v) is 7.47. The minimum absolute atomic E-state index is 0.0493. The van der Waals surface area contributed by atoms with Crippen molar-refractivity contribution in [3.63, 3.8) is 0 Å². The van der Waals surface area contributed by atoms with Crippen molar-refractivity contribution in [2.45, 2.75) is 31.2 Å². The summed E-state index contributed by atoms with van der Waals surface area (Å²) in [7, 11) is -3.66. The highest BCUT2D eigenvalue weighted by atomic mass is 79.9. The van der Waals surface area contributed by atoms with Crippen molar-refractivity contribution < 1.29 is 18.0 Å². The molecule has 0 fully saturated rings.